The fraction of sp³-hybridized carbons (Fsp3) is 0.333. The van der Waals surface area contributed by atoms with Crippen LogP contribution in [0.1, 0.15) is 36.2 Å². The molecule has 0 aliphatic carbocycles. The van der Waals surface area contributed by atoms with Crippen molar-refractivity contribution in [2.24, 2.45) is 0 Å². The highest BCUT2D eigenvalue weighted by atomic mass is 16.5. The van der Waals surface area contributed by atoms with Crippen molar-refractivity contribution in [1.82, 2.24) is 4.57 Å². The van der Waals surface area contributed by atoms with Gasteiger partial charge in [0.25, 0.3) is 5.56 Å². The van der Waals surface area contributed by atoms with Gasteiger partial charge in [0.15, 0.2) is 5.75 Å². The van der Waals surface area contributed by atoms with E-state index in [1.807, 2.05) is 19.9 Å². The van der Waals surface area contributed by atoms with Gasteiger partial charge < -0.3 is 14.0 Å². The zero-order chi connectivity index (χ0) is 16.7. The molecule has 1 heterocycles. The number of hydrogen-bond donors (Lipinski definition) is 0. The van der Waals surface area contributed by atoms with E-state index in [2.05, 4.69) is 0 Å². The monoisotopic (exact) mass is 315 g/mol. The molecule has 5 nitrogen and oxygen atoms in total. The summed E-state index contributed by atoms with van der Waals surface area (Å²) in [5.74, 6) is -0.0161. The zero-order valence-corrected chi connectivity index (χ0v) is 13.5. The minimum Gasteiger partial charge on any atom is -0.488 e. The third-order valence-electron chi connectivity index (χ3n) is 3.24. The van der Waals surface area contributed by atoms with E-state index in [0.717, 1.165) is 12.0 Å². The summed E-state index contributed by atoms with van der Waals surface area (Å²) in [7, 11) is 0. The second-order valence-corrected chi connectivity index (χ2v) is 5.07. The predicted octanol–water partition coefficient (Wildman–Crippen LogP) is 2.86. The molecular formula is C18H21NO4. The Labute approximate surface area is 135 Å². The molecule has 0 bridgehead atoms. The van der Waals surface area contributed by atoms with Crippen molar-refractivity contribution in [2.75, 3.05) is 13.2 Å². The second kappa shape index (κ2) is 8.17. The van der Waals surface area contributed by atoms with Gasteiger partial charge in [-0.15, -0.1) is 0 Å². The Morgan fingerprint density at radius 1 is 1.17 bits per heavy atom. The Morgan fingerprint density at radius 3 is 2.74 bits per heavy atom. The molecular weight excluding hydrogens is 294 g/mol. The lowest BCUT2D eigenvalue weighted by Gasteiger charge is -2.10. The molecule has 2 rings (SSSR count). The Morgan fingerprint density at radius 2 is 2.00 bits per heavy atom. The summed E-state index contributed by atoms with van der Waals surface area (Å²) in [5.41, 5.74) is 1.16. The quantitative estimate of drug-likeness (QED) is 0.737. The maximum Gasteiger partial charge on any atom is 0.338 e. The Kier molecular flexibility index (Phi) is 5.97. The van der Waals surface area contributed by atoms with E-state index in [9.17, 15) is 9.59 Å². The van der Waals surface area contributed by atoms with Gasteiger partial charge in [-0.05, 0) is 43.2 Å². The van der Waals surface area contributed by atoms with Gasteiger partial charge in [-0.3, -0.25) is 4.79 Å². The molecule has 5 heteroatoms. The topological polar surface area (TPSA) is 57.5 Å². The molecule has 122 valence electrons. The number of aromatic nitrogens is 1. The number of carbonyl (C=O) groups excluding carboxylic acids is 1. The first-order chi connectivity index (χ1) is 11.2. The van der Waals surface area contributed by atoms with Crippen molar-refractivity contribution in [3.05, 3.63) is 64.1 Å². The Hall–Kier alpha value is -2.56. The maximum absolute atomic E-state index is 12.3. The van der Waals surface area contributed by atoms with Gasteiger partial charge in [-0.25, -0.2) is 4.79 Å². The van der Waals surface area contributed by atoms with Gasteiger partial charge >= 0.3 is 5.97 Å². The number of hydrogen-bond acceptors (Lipinski definition) is 4. The summed E-state index contributed by atoms with van der Waals surface area (Å²) >= 11 is 0. The van der Waals surface area contributed by atoms with Crippen LogP contribution in [0.3, 0.4) is 0 Å². The molecule has 0 saturated heterocycles. The number of esters is 1. The standard InChI is InChI=1S/C18H21NO4/c1-3-11-23-18(21)15-8-5-7-14(12-15)13-19-10-6-9-16(17(19)20)22-4-2/h5-10,12H,3-4,11,13H2,1-2H3. The first-order valence-corrected chi connectivity index (χ1v) is 7.74. The Balaban J connectivity index is 2.19. The van der Waals surface area contributed by atoms with E-state index in [-0.39, 0.29) is 11.5 Å². The third-order valence-corrected chi connectivity index (χ3v) is 3.24. The molecule has 0 amide bonds. The van der Waals surface area contributed by atoms with Gasteiger partial charge in [0.2, 0.25) is 0 Å². The van der Waals surface area contributed by atoms with Crippen LogP contribution in [-0.4, -0.2) is 23.8 Å². The largest absolute Gasteiger partial charge is 0.488 e. The van der Waals surface area contributed by atoms with Crippen LogP contribution >= 0.6 is 0 Å². The van der Waals surface area contributed by atoms with Gasteiger partial charge in [-0.2, -0.15) is 0 Å². The van der Waals surface area contributed by atoms with Gasteiger partial charge in [0.1, 0.15) is 0 Å². The van der Waals surface area contributed by atoms with E-state index in [1.165, 1.54) is 0 Å². The lowest BCUT2D eigenvalue weighted by Crippen LogP contribution is -2.21. The van der Waals surface area contributed by atoms with E-state index >= 15 is 0 Å². The zero-order valence-electron chi connectivity index (χ0n) is 13.5. The van der Waals surface area contributed by atoms with Crippen molar-refractivity contribution in [3.63, 3.8) is 0 Å². The SMILES string of the molecule is CCCOC(=O)c1cccc(Cn2cccc(OCC)c2=O)c1. The molecule has 0 radical (unpaired) electrons. The van der Waals surface area contributed by atoms with Gasteiger partial charge in [0.05, 0.1) is 25.3 Å². The first kappa shape index (κ1) is 16.8. The van der Waals surface area contributed by atoms with Crippen LogP contribution in [0.5, 0.6) is 5.75 Å². The summed E-state index contributed by atoms with van der Waals surface area (Å²) in [6, 6.07) is 10.5. The van der Waals surface area contributed by atoms with Crippen LogP contribution in [0.25, 0.3) is 0 Å². The molecule has 1 aromatic carbocycles. The molecule has 0 N–H and O–H groups in total. The average molecular weight is 315 g/mol. The van der Waals surface area contributed by atoms with Crippen LogP contribution in [0.2, 0.25) is 0 Å². The summed E-state index contributed by atoms with van der Waals surface area (Å²) < 4.78 is 12.0. The van der Waals surface area contributed by atoms with Crippen LogP contribution < -0.4 is 10.3 Å². The van der Waals surface area contributed by atoms with Gasteiger partial charge in [0, 0.05) is 6.20 Å². The normalized spacial score (nSPS) is 10.3. The smallest absolute Gasteiger partial charge is 0.338 e. The maximum atomic E-state index is 12.3. The lowest BCUT2D eigenvalue weighted by molar-refractivity contribution is 0.0505. The summed E-state index contributed by atoms with van der Waals surface area (Å²) in [6.45, 7) is 5.00. The molecule has 0 aliphatic heterocycles. The van der Waals surface area contributed by atoms with Gasteiger partial charge in [-0.1, -0.05) is 19.1 Å². The second-order valence-electron chi connectivity index (χ2n) is 5.07. The molecule has 23 heavy (non-hydrogen) atoms. The molecule has 0 atom stereocenters. The number of ether oxygens (including phenoxy) is 2. The number of rotatable bonds is 7. The van der Waals surface area contributed by atoms with Crippen molar-refractivity contribution in [1.29, 1.82) is 0 Å². The predicted molar refractivity (Wildman–Crippen MR) is 88.0 cm³/mol. The summed E-state index contributed by atoms with van der Waals surface area (Å²) in [4.78, 5) is 24.2. The molecule has 0 aliphatic rings. The average Bonchev–Trinajstić information content (AvgIpc) is 2.57. The fourth-order valence-corrected chi connectivity index (χ4v) is 2.18. The summed E-state index contributed by atoms with van der Waals surface area (Å²) in [6.07, 6.45) is 2.48. The summed E-state index contributed by atoms with van der Waals surface area (Å²) in [5, 5.41) is 0. The van der Waals surface area contributed by atoms with Crippen molar-refractivity contribution >= 4 is 5.97 Å². The minimum absolute atomic E-state index is 0.187. The molecule has 0 saturated carbocycles. The Bertz CT molecular complexity index is 721. The van der Waals surface area contributed by atoms with Crippen molar-refractivity contribution in [2.45, 2.75) is 26.8 Å². The van der Waals surface area contributed by atoms with Crippen LogP contribution in [0.4, 0.5) is 0 Å². The lowest BCUT2D eigenvalue weighted by atomic mass is 10.1. The molecule has 0 fully saturated rings. The van der Waals surface area contributed by atoms with Crippen LogP contribution in [0.15, 0.2) is 47.4 Å². The highest BCUT2D eigenvalue weighted by Crippen LogP contribution is 2.10. The van der Waals surface area contributed by atoms with E-state index in [1.54, 1.807) is 41.1 Å². The van der Waals surface area contributed by atoms with Crippen LogP contribution in [-0.2, 0) is 11.3 Å². The number of benzene rings is 1. The fourth-order valence-electron chi connectivity index (χ4n) is 2.18. The molecule has 2 aromatic rings. The first-order valence-electron chi connectivity index (χ1n) is 7.74. The van der Waals surface area contributed by atoms with Crippen molar-refractivity contribution in [3.8, 4) is 5.75 Å². The molecule has 0 spiro atoms. The molecule has 0 unspecified atom stereocenters. The van der Waals surface area contributed by atoms with Crippen molar-refractivity contribution < 1.29 is 14.3 Å². The number of pyridine rings is 1. The van der Waals surface area contributed by atoms with E-state index in [0.29, 0.717) is 31.1 Å². The van der Waals surface area contributed by atoms with E-state index in [4.69, 9.17) is 9.47 Å². The minimum atomic E-state index is -0.343. The molecule has 1 aromatic heterocycles. The number of carbonyl (C=O) groups is 1. The number of nitrogens with zero attached hydrogens (tertiary/aromatic N) is 1. The highest BCUT2D eigenvalue weighted by Gasteiger charge is 2.09. The van der Waals surface area contributed by atoms with E-state index < -0.39 is 0 Å². The highest BCUT2D eigenvalue weighted by molar-refractivity contribution is 5.89. The third kappa shape index (κ3) is 4.45. The van der Waals surface area contributed by atoms with Crippen LogP contribution in [0, 0.1) is 0 Å².